The molecule has 1 nitrogen and oxygen atoms in total. The molecule has 15 heavy (non-hydrogen) atoms. The van der Waals surface area contributed by atoms with Crippen molar-refractivity contribution < 1.29 is 0 Å². The van der Waals surface area contributed by atoms with Crippen LogP contribution in [0.15, 0.2) is 36.4 Å². The highest BCUT2D eigenvalue weighted by Gasteiger charge is 2.05. The molecule has 2 aromatic rings. The highest BCUT2D eigenvalue weighted by atomic mass is 35.5. The summed E-state index contributed by atoms with van der Waals surface area (Å²) < 4.78 is 2.29. The molecule has 0 spiro atoms. The lowest BCUT2D eigenvalue weighted by Crippen LogP contribution is -1.98. The van der Waals surface area contributed by atoms with Gasteiger partial charge in [0.2, 0.25) is 0 Å². The Labute approximate surface area is 95.3 Å². The zero-order valence-electron chi connectivity index (χ0n) is 9.00. The number of hydrogen-bond donors (Lipinski definition) is 0. The molecule has 2 rings (SSSR count). The lowest BCUT2D eigenvalue weighted by molar-refractivity contribution is 0.750. The molecule has 2 heteroatoms. The van der Waals surface area contributed by atoms with Gasteiger partial charge >= 0.3 is 0 Å². The summed E-state index contributed by atoms with van der Waals surface area (Å²) in [6, 6.07) is 12.3. The van der Waals surface area contributed by atoms with E-state index in [2.05, 4.69) is 42.7 Å². The van der Waals surface area contributed by atoms with E-state index in [1.807, 2.05) is 12.1 Å². The van der Waals surface area contributed by atoms with Gasteiger partial charge in [0.1, 0.15) is 0 Å². The van der Waals surface area contributed by atoms with Crippen LogP contribution in [0.1, 0.15) is 12.6 Å². The Kier molecular flexibility index (Phi) is 2.83. The number of hydrogen-bond acceptors (Lipinski definition) is 0. The third-order valence-corrected chi connectivity index (χ3v) is 2.91. The normalized spacial score (nSPS) is 10.6. The Morgan fingerprint density at radius 2 is 1.73 bits per heavy atom. The Bertz CT molecular complexity index is 454. The summed E-state index contributed by atoms with van der Waals surface area (Å²) in [7, 11) is 0. The molecule has 0 aliphatic carbocycles. The van der Waals surface area contributed by atoms with Gasteiger partial charge in [0, 0.05) is 23.0 Å². The first-order chi connectivity index (χ1) is 7.22. The molecule has 0 N–H and O–H groups in total. The zero-order valence-corrected chi connectivity index (χ0v) is 9.75. The molecule has 0 saturated heterocycles. The highest BCUT2D eigenvalue weighted by molar-refractivity contribution is 6.30. The minimum Gasteiger partial charge on any atom is -0.345 e. The van der Waals surface area contributed by atoms with Crippen LogP contribution in [0, 0.1) is 6.92 Å². The summed E-state index contributed by atoms with van der Waals surface area (Å²) in [4.78, 5) is 0. The zero-order chi connectivity index (χ0) is 10.8. The fourth-order valence-corrected chi connectivity index (χ4v) is 1.99. The van der Waals surface area contributed by atoms with Crippen molar-refractivity contribution in [1.82, 2.24) is 4.57 Å². The number of aromatic nitrogens is 1. The maximum Gasteiger partial charge on any atom is 0.0482 e. The standard InChI is InChI=1S/C13H14ClN/c1-3-15-10(2)4-9-13(15)11-5-7-12(14)8-6-11/h4-9H,3H2,1-2H3. The van der Waals surface area contributed by atoms with Gasteiger partial charge in [0.25, 0.3) is 0 Å². The van der Waals surface area contributed by atoms with Crippen molar-refractivity contribution in [3.63, 3.8) is 0 Å². The maximum absolute atomic E-state index is 5.87. The second-order valence-corrected chi connectivity index (χ2v) is 4.05. The van der Waals surface area contributed by atoms with Gasteiger partial charge < -0.3 is 4.57 Å². The van der Waals surface area contributed by atoms with Gasteiger partial charge in [0.15, 0.2) is 0 Å². The molecule has 0 bridgehead atoms. The van der Waals surface area contributed by atoms with Crippen LogP contribution in [0.25, 0.3) is 11.3 Å². The van der Waals surface area contributed by atoms with Crippen LogP contribution < -0.4 is 0 Å². The van der Waals surface area contributed by atoms with Crippen LogP contribution in [0.3, 0.4) is 0 Å². The summed E-state index contributed by atoms with van der Waals surface area (Å²) >= 11 is 5.87. The fraction of sp³-hybridized carbons (Fsp3) is 0.231. The van der Waals surface area contributed by atoms with Crippen molar-refractivity contribution >= 4 is 11.6 Å². The van der Waals surface area contributed by atoms with Crippen molar-refractivity contribution in [3.8, 4) is 11.3 Å². The highest BCUT2D eigenvalue weighted by Crippen LogP contribution is 2.23. The van der Waals surface area contributed by atoms with Gasteiger partial charge in [0.05, 0.1) is 0 Å². The SMILES string of the molecule is CCn1c(C)ccc1-c1ccc(Cl)cc1. The third-order valence-electron chi connectivity index (χ3n) is 2.66. The van der Waals surface area contributed by atoms with Gasteiger partial charge in [-0.05, 0) is 43.7 Å². The average Bonchev–Trinajstić information content (AvgIpc) is 2.61. The molecular weight excluding hydrogens is 206 g/mol. The molecule has 0 aliphatic heterocycles. The van der Waals surface area contributed by atoms with Gasteiger partial charge in [-0.25, -0.2) is 0 Å². The van der Waals surface area contributed by atoms with Gasteiger partial charge in [-0.15, -0.1) is 0 Å². The summed E-state index contributed by atoms with van der Waals surface area (Å²) in [6.45, 7) is 5.28. The van der Waals surface area contributed by atoms with Crippen molar-refractivity contribution in [2.45, 2.75) is 20.4 Å². The van der Waals surface area contributed by atoms with E-state index in [1.165, 1.54) is 17.0 Å². The van der Waals surface area contributed by atoms with E-state index in [4.69, 9.17) is 11.6 Å². The summed E-state index contributed by atoms with van der Waals surface area (Å²) in [5.41, 5.74) is 3.77. The van der Waals surface area contributed by atoms with Crippen LogP contribution >= 0.6 is 11.6 Å². The van der Waals surface area contributed by atoms with Crippen LogP contribution in [0.4, 0.5) is 0 Å². The molecule has 78 valence electrons. The predicted molar refractivity (Wildman–Crippen MR) is 65.3 cm³/mol. The Hall–Kier alpha value is -1.21. The Balaban J connectivity index is 2.49. The minimum atomic E-state index is 0.782. The van der Waals surface area contributed by atoms with E-state index in [-0.39, 0.29) is 0 Å². The number of aryl methyl sites for hydroxylation is 1. The quantitative estimate of drug-likeness (QED) is 0.716. The molecule has 0 fully saturated rings. The number of halogens is 1. The van der Waals surface area contributed by atoms with Gasteiger partial charge in [-0.1, -0.05) is 23.7 Å². The summed E-state index contributed by atoms with van der Waals surface area (Å²) in [6.07, 6.45) is 0. The Morgan fingerprint density at radius 3 is 2.33 bits per heavy atom. The molecular formula is C13H14ClN. The van der Waals surface area contributed by atoms with Gasteiger partial charge in [-0.2, -0.15) is 0 Å². The smallest absolute Gasteiger partial charge is 0.0482 e. The van der Waals surface area contributed by atoms with E-state index in [0.29, 0.717) is 0 Å². The first kappa shape index (κ1) is 10.3. The number of rotatable bonds is 2. The number of nitrogens with zero attached hydrogens (tertiary/aromatic N) is 1. The van der Waals surface area contributed by atoms with E-state index < -0.39 is 0 Å². The van der Waals surface area contributed by atoms with Crippen LogP contribution in [0.2, 0.25) is 5.02 Å². The molecule has 0 unspecified atom stereocenters. The topological polar surface area (TPSA) is 4.93 Å². The minimum absolute atomic E-state index is 0.782. The van der Waals surface area contributed by atoms with E-state index >= 15 is 0 Å². The molecule has 0 amide bonds. The van der Waals surface area contributed by atoms with Crippen molar-refractivity contribution in [2.24, 2.45) is 0 Å². The van der Waals surface area contributed by atoms with Crippen LogP contribution in [-0.4, -0.2) is 4.57 Å². The number of benzene rings is 1. The molecule has 1 aromatic carbocycles. The second kappa shape index (κ2) is 4.11. The molecule has 0 saturated carbocycles. The van der Waals surface area contributed by atoms with Crippen molar-refractivity contribution in [2.75, 3.05) is 0 Å². The maximum atomic E-state index is 5.87. The molecule has 0 atom stereocenters. The van der Waals surface area contributed by atoms with E-state index in [1.54, 1.807) is 0 Å². The predicted octanol–water partition coefficient (Wildman–Crippen LogP) is 4.14. The first-order valence-corrected chi connectivity index (χ1v) is 5.52. The van der Waals surface area contributed by atoms with Crippen molar-refractivity contribution in [1.29, 1.82) is 0 Å². The van der Waals surface area contributed by atoms with Gasteiger partial charge in [-0.3, -0.25) is 0 Å². The lowest BCUT2D eigenvalue weighted by Gasteiger charge is -2.08. The average molecular weight is 220 g/mol. The fourth-order valence-electron chi connectivity index (χ4n) is 1.86. The molecule has 1 aromatic heterocycles. The van der Waals surface area contributed by atoms with Crippen LogP contribution in [-0.2, 0) is 6.54 Å². The molecule has 0 aliphatic rings. The van der Waals surface area contributed by atoms with Crippen LogP contribution in [0.5, 0.6) is 0 Å². The Morgan fingerprint density at radius 1 is 1.07 bits per heavy atom. The summed E-state index contributed by atoms with van der Waals surface area (Å²) in [5.74, 6) is 0. The van der Waals surface area contributed by atoms with E-state index in [9.17, 15) is 0 Å². The van der Waals surface area contributed by atoms with E-state index in [0.717, 1.165) is 11.6 Å². The second-order valence-electron chi connectivity index (χ2n) is 3.61. The molecule has 1 heterocycles. The lowest BCUT2D eigenvalue weighted by atomic mass is 10.1. The largest absolute Gasteiger partial charge is 0.345 e. The first-order valence-electron chi connectivity index (χ1n) is 5.14. The van der Waals surface area contributed by atoms with Crippen molar-refractivity contribution in [3.05, 3.63) is 47.1 Å². The summed E-state index contributed by atoms with van der Waals surface area (Å²) in [5, 5.41) is 0.782. The molecule has 0 radical (unpaired) electrons. The third kappa shape index (κ3) is 1.93. The monoisotopic (exact) mass is 219 g/mol.